The molecule has 0 amide bonds. The minimum atomic E-state index is 0.195. The zero-order valence-corrected chi connectivity index (χ0v) is 12.2. The average molecular weight is 281 g/mol. The van der Waals surface area contributed by atoms with E-state index in [0.717, 1.165) is 25.9 Å². The summed E-state index contributed by atoms with van der Waals surface area (Å²) in [5, 5.41) is 0. The lowest BCUT2D eigenvalue weighted by atomic mass is 10.1. The molecule has 0 unspecified atom stereocenters. The van der Waals surface area contributed by atoms with Gasteiger partial charge in [-0.3, -0.25) is 0 Å². The topological polar surface area (TPSA) is 86.4 Å². The second-order valence-electron chi connectivity index (χ2n) is 5.26. The van der Waals surface area contributed by atoms with Gasteiger partial charge in [-0.1, -0.05) is 13.8 Å². The molecule has 2 heterocycles. The highest BCUT2D eigenvalue weighted by Gasteiger charge is 2.16. The van der Waals surface area contributed by atoms with Crippen LogP contribution in [0, 0.1) is 5.92 Å². The Morgan fingerprint density at radius 2 is 2.00 bits per heavy atom. The van der Waals surface area contributed by atoms with Crippen molar-refractivity contribution < 1.29 is 9.47 Å². The first-order valence-corrected chi connectivity index (χ1v) is 7.12. The molecule has 7 nitrogen and oxygen atoms in total. The molecule has 0 radical (unpaired) electrons. The van der Waals surface area contributed by atoms with Crippen LogP contribution in [0.2, 0.25) is 0 Å². The van der Waals surface area contributed by atoms with E-state index in [1.165, 1.54) is 0 Å². The third kappa shape index (κ3) is 4.48. The van der Waals surface area contributed by atoms with Crippen LogP contribution in [-0.2, 0) is 4.74 Å². The fraction of sp³-hybridized carbons (Fsp3) is 0.769. The minimum Gasteiger partial charge on any atom is -0.463 e. The molecule has 7 heteroatoms. The van der Waals surface area contributed by atoms with Crippen LogP contribution >= 0.6 is 0 Å². The summed E-state index contributed by atoms with van der Waals surface area (Å²) in [6.45, 7) is 7.86. The van der Waals surface area contributed by atoms with Crippen molar-refractivity contribution in [3.05, 3.63) is 0 Å². The Morgan fingerprint density at radius 3 is 2.70 bits per heavy atom. The van der Waals surface area contributed by atoms with Crippen LogP contribution in [0.5, 0.6) is 6.01 Å². The molecule has 0 spiro atoms. The van der Waals surface area contributed by atoms with Crippen molar-refractivity contribution >= 4 is 11.9 Å². The summed E-state index contributed by atoms with van der Waals surface area (Å²) in [5.41, 5.74) is 5.72. The molecule has 1 aliphatic rings. The summed E-state index contributed by atoms with van der Waals surface area (Å²) in [6, 6.07) is 0.308. The van der Waals surface area contributed by atoms with Gasteiger partial charge in [0, 0.05) is 13.1 Å². The zero-order valence-electron chi connectivity index (χ0n) is 12.2. The number of nitrogens with two attached hydrogens (primary N) is 1. The first-order valence-electron chi connectivity index (χ1n) is 7.12. The fourth-order valence-corrected chi connectivity index (χ4v) is 1.99. The zero-order chi connectivity index (χ0) is 14.4. The Bertz CT molecular complexity index is 421. The number of hydrogen-bond donors (Lipinski definition) is 1. The molecule has 0 atom stereocenters. The first-order chi connectivity index (χ1) is 9.65. The van der Waals surface area contributed by atoms with Crippen molar-refractivity contribution in [2.45, 2.75) is 26.7 Å². The van der Waals surface area contributed by atoms with Crippen molar-refractivity contribution in [2.75, 3.05) is 43.5 Å². The van der Waals surface area contributed by atoms with E-state index in [4.69, 9.17) is 15.2 Å². The lowest BCUT2D eigenvalue weighted by Gasteiger charge is -2.26. The molecule has 0 saturated carbocycles. The summed E-state index contributed by atoms with van der Waals surface area (Å²) in [4.78, 5) is 14.5. The van der Waals surface area contributed by atoms with Crippen LogP contribution in [0.3, 0.4) is 0 Å². The summed E-state index contributed by atoms with van der Waals surface area (Å²) in [7, 11) is 0. The third-order valence-electron chi connectivity index (χ3n) is 3.07. The predicted octanol–water partition coefficient (Wildman–Crippen LogP) is 1.11. The minimum absolute atomic E-state index is 0.195. The van der Waals surface area contributed by atoms with Gasteiger partial charge >= 0.3 is 6.01 Å². The van der Waals surface area contributed by atoms with Crippen LogP contribution in [-0.4, -0.2) is 47.9 Å². The van der Waals surface area contributed by atoms with Crippen LogP contribution < -0.4 is 15.4 Å². The van der Waals surface area contributed by atoms with E-state index in [1.54, 1.807) is 0 Å². The van der Waals surface area contributed by atoms with Crippen LogP contribution in [0.1, 0.15) is 26.7 Å². The molecule has 1 aromatic rings. The van der Waals surface area contributed by atoms with Gasteiger partial charge in [-0.05, 0) is 18.8 Å². The van der Waals surface area contributed by atoms with Gasteiger partial charge in [-0.15, -0.1) is 0 Å². The summed E-state index contributed by atoms with van der Waals surface area (Å²) < 4.78 is 10.9. The lowest BCUT2D eigenvalue weighted by molar-refractivity contribution is 0.122. The van der Waals surface area contributed by atoms with Gasteiger partial charge in [-0.2, -0.15) is 15.0 Å². The highest BCUT2D eigenvalue weighted by atomic mass is 16.5. The maximum Gasteiger partial charge on any atom is 0.323 e. The van der Waals surface area contributed by atoms with E-state index in [9.17, 15) is 0 Å². The highest BCUT2D eigenvalue weighted by molar-refractivity contribution is 5.36. The number of hydrogen-bond acceptors (Lipinski definition) is 7. The molecule has 20 heavy (non-hydrogen) atoms. The van der Waals surface area contributed by atoms with Crippen molar-refractivity contribution in [3.63, 3.8) is 0 Å². The highest BCUT2D eigenvalue weighted by Crippen LogP contribution is 2.15. The third-order valence-corrected chi connectivity index (χ3v) is 3.07. The molecule has 112 valence electrons. The van der Waals surface area contributed by atoms with E-state index >= 15 is 0 Å². The quantitative estimate of drug-likeness (QED) is 0.781. The molecule has 1 aromatic heterocycles. The maximum atomic E-state index is 5.72. The van der Waals surface area contributed by atoms with E-state index in [1.807, 2.05) is 4.90 Å². The van der Waals surface area contributed by atoms with Gasteiger partial charge in [0.15, 0.2) is 0 Å². The smallest absolute Gasteiger partial charge is 0.323 e. The number of morpholine rings is 1. The van der Waals surface area contributed by atoms with Gasteiger partial charge in [0.05, 0.1) is 19.8 Å². The van der Waals surface area contributed by atoms with Crippen LogP contribution in [0.4, 0.5) is 11.9 Å². The summed E-state index contributed by atoms with van der Waals surface area (Å²) >= 11 is 0. The molecule has 1 saturated heterocycles. The number of nitrogen functional groups attached to an aromatic ring is 1. The first kappa shape index (κ1) is 14.8. The van der Waals surface area contributed by atoms with Gasteiger partial charge < -0.3 is 20.1 Å². The van der Waals surface area contributed by atoms with Crippen molar-refractivity contribution in [1.82, 2.24) is 15.0 Å². The van der Waals surface area contributed by atoms with Crippen LogP contribution in [0.15, 0.2) is 0 Å². The normalized spacial score (nSPS) is 15.7. The largest absolute Gasteiger partial charge is 0.463 e. The van der Waals surface area contributed by atoms with Crippen LogP contribution in [0.25, 0.3) is 0 Å². The SMILES string of the molecule is CC(C)CCCOc1nc(N)nc(N2CCOCC2)n1. The van der Waals surface area contributed by atoms with Gasteiger partial charge in [0.1, 0.15) is 0 Å². The standard InChI is InChI=1S/C13H23N5O2/c1-10(2)4-3-7-20-13-16-11(14)15-12(17-13)18-5-8-19-9-6-18/h10H,3-9H2,1-2H3,(H2,14,15,16,17). The number of nitrogens with zero attached hydrogens (tertiary/aromatic N) is 4. The summed E-state index contributed by atoms with van der Waals surface area (Å²) in [5.74, 6) is 1.44. The molecule has 1 fully saturated rings. The Balaban J connectivity index is 1.93. The fourth-order valence-electron chi connectivity index (χ4n) is 1.99. The Hall–Kier alpha value is -1.63. The van der Waals surface area contributed by atoms with E-state index in [2.05, 4.69) is 28.8 Å². The van der Waals surface area contributed by atoms with Crippen molar-refractivity contribution in [2.24, 2.45) is 5.92 Å². The Morgan fingerprint density at radius 1 is 1.25 bits per heavy atom. The molecule has 0 aliphatic carbocycles. The average Bonchev–Trinajstić information content (AvgIpc) is 2.44. The Labute approximate surface area is 119 Å². The monoisotopic (exact) mass is 281 g/mol. The van der Waals surface area contributed by atoms with Crippen molar-refractivity contribution in [3.8, 4) is 6.01 Å². The number of ether oxygens (including phenoxy) is 2. The molecule has 1 aliphatic heterocycles. The molecule has 2 N–H and O–H groups in total. The Kier molecular flexibility index (Phi) is 5.34. The van der Waals surface area contributed by atoms with E-state index in [-0.39, 0.29) is 5.95 Å². The number of aromatic nitrogens is 3. The van der Waals surface area contributed by atoms with Gasteiger partial charge in [0.25, 0.3) is 0 Å². The van der Waals surface area contributed by atoms with E-state index in [0.29, 0.717) is 37.7 Å². The number of rotatable bonds is 6. The van der Waals surface area contributed by atoms with Gasteiger partial charge in [0.2, 0.25) is 11.9 Å². The molecular formula is C13H23N5O2. The molecule has 2 rings (SSSR count). The predicted molar refractivity (Wildman–Crippen MR) is 76.8 cm³/mol. The second kappa shape index (κ2) is 7.23. The van der Waals surface area contributed by atoms with Gasteiger partial charge in [-0.25, -0.2) is 0 Å². The number of anilines is 2. The summed E-state index contributed by atoms with van der Waals surface area (Å²) in [6.07, 6.45) is 2.10. The van der Waals surface area contributed by atoms with E-state index < -0.39 is 0 Å². The molecular weight excluding hydrogens is 258 g/mol. The van der Waals surface area contributed by atoms with Crippen molar-refractivity contribution in [1.29, 1.82) is 0 Å². The molecule has 0 aromatic carbocycles. The second-order valence-corrected chi connectivity index (χ2v) is 5.26. The maximum absolute atomic E-state index is 5.72. The molecule has 0 bridgehead atoms. The lowest BCUT2D eigenvalue weighted by Crippen LogP contribution is -2.37.